The van der Waals surface area contributed by atoms with Crippen LogP contribution in [0.3, 0.4) is 0 Å². The van der Waals surface area contributed by atoms with Gasteiger partial charge in [0.15, 0.2) is 11.2 Å². The first-order valence-electron chi connectivity index (χ1n) is 6.14. The molecule has 0 saturated heterocycles. The summed E-state index contributed by atoms with van der Waals surface area (Å²) in [4.78, 5) is 32.9. The molecule has 0 saturated carbocycles. The number of H-pyrrole nitrogens is 1. The van der Waals surface area contributed by atoms with E-state index in [-0.39, 0.29) is 11.6 Å². The van der Waals surface area contributed by atoms with Gasteiger partial charge in [-0.1, -0.05) is 0 Å². The molecule has 106 valence electrons. The number of rotatable bonds is 3. The van der Waals surface area contributed by atoms with Crippen LogP contribution in [0.15, 0.2) is 9.59 Å². The van der Waals surface area contributed by atoms with E-state index in [9.17, 15) is 9.59 Å². The maximum Gasteiger partial charge on any atom is 0.332 e. The quantitative estimate of drug-likeness (QED) is 0.829. The average molecular weight is 276 g/mol. The van der Waals surface area contributed by atoms with Crippen LogP contribution in [0, 0.1) is 11.3 Å². The van der Waals surface area contributed by atoms with Crippen molar-refractivity contribution in [2.45, 2.75) is 19.4 Å². The number of hydrogen-bond donors (Lipinski definition) is 1. The van der Waals surface area contributed by atoms with E-state index < -0.39 is 11.2 Å². The van der Waals surface area contributed by atoms with E-state index in [4.69, 9.17) is 5.26 Å². The van der Waals surface area contributed by atoms with Crippen LogP contribution in [0.1, 0.15) is 13.3 Å². The van der Waals surface area contributed by atoms with Gasteiger partial charge in [-0.2, -0.15) is 10.2 Å². The molecule has 1 atom stereocenters. The molecule has 2 aromatic rings. The van der Waals surface area contributed by atoms with E-state index >= 15 is 0 Å². The second-order valence-electron chi connectivity index (χ2n) is 4.79. The van der Waals surface area contributed by atoms with E-state index in [0.717, 1.165) is 4.57 Å². The first kappa shape index (κ1) is 13.9. The molecule has 8 nitrogen and oxygen atoms in total. The molecule has 0 bridgehead atoms. The molecule has 0 spiro atoms. The summed E-state index contributed by atoms with van der Waals surface area (Å²) in [7, 11) is 4.77. The molecule has 0 radical (unpaired) electrons. The van der Waals surface area contributed by atoms with Crippen molar-refractivity contribution in [1.29, 1.82) is 5.26 Å². The summed E-state index contributed by atoms with van der Waals surface area (Å²) < 4.78 is 2.35. The third kappa shape index (κ3) is 1.97. The Hall–Kier alpha value is -2.56. The van der Waals surface area contributed by atoms with E-state index in [1.54, 1.807) is 19.0 Å². The van der Waals surface area contributed by atoms with E-state index in [0.29, 0.717) is 18.0 Å². The first-order valence-corrected chi connectivity index (χ1v) is 6.14. The summed E-state index contributed by atoms with van der Waals surface area (Å²) in [5, 5.41) is 8.73. The largest absolute Gasteiger partial charge is 0.342 e. The molecule has 0 amide bonds. The molecular weight excluding hydrogens is 260 g/mol. The van der Waals surface area contributed by atoms with Crippen LogP contribution < -0.4 is 16.1 Å². The summed E-state index contributed by atoms with van der Waals surface area (Å²) in [5.41, 5.74) is -0.249. The standard InChI is InChI=1S/C12H16N6O2/c1-7(5-6-13)16(2)11-14-8-9(15-11)17(3)12(20)18(4)10(8)19/h7H,5H2,1-4H3,(H,14,15). The lowest BCUT2D eigenvalue weighted by molar-refractivity contribution is 0.687. The normalized spacial score (nSPS) is 12.3. The number of imidazole rings is 1. The molecule has 1 N–H and O–H groups in total. The Kier molecular flexibility index (Phi) is 3.36. The van der Waals surface area contributed by atoms with Gasteiger partial charge in [-0.3, -0.25) is 13.9 Å². The lowest BCUT2D eigenvalue weighted by Crippen LogP contribution is -2.36. The van der Waals surface area contributed by atoms with Crippen LogP contribution in [-0.2, 0) is 14.1 Å². The van der Waals surface area contributed by atoms with E-state index in [1.807, 2.05) is 6.92 Å². The van der Waals surface area contributed by atoms with Crippen LogP contribution in [0.25, 0.3) is 11.2 Å². The van der Waals surface area contributed by atoms with Gasteiger partial charge in [0.25, 0.3) is 5.56 Å². The summed E-state index contributed by atoms with van der Waals surface area (Å²) >= 11 is 0. The highest BCUT2D eigenvalue weighted by molar-refractivity contribution is 5.72. The zero-order chi connectivity index (χ0) is 15.0. The van der Waals surface area contributed by atoms with Crippen molar-refractivity contribution in [1.82, 2.24) is 19.1 Å². The van der Waals surface area contributed by atoms with Gasteiger partial charge in [0.05, 0.1) is 12.5 Å². The van der Waals surface area contributed by atoms with Gasteiger partial charge in [0, 0.05) is 27.2 Å². The van der Waals surface area contributed by atoms with Crippen LogP contribution in [0.2, 0.25) is 0 Å². The Morgan fingerprint density at radius 3 is 2.65 bits per heavy atom. The molecule has 2 rings (SSSR count). The average Bonchev–Trinajstić information content (AvgIpc) is 2.87. The molecule has 0 fully saturated rings. The number of aromatic amines is 1. The van der Waals surface area contributed by atoms with Gasteiger partial charge in [0.1, 0.15) is 0 Å². The SMILES string of the molecule is CC(CC#N)N(C)c1nc2c([nH]1)c(=O)n(C)c(=O)n2C. The van der Waals surface area contributed by atoms with Crippen molar-refractivity contribution in [2.24, 2.45) is 14.1 Å². The number of nitrogens with one attached hydrogen (secondary N) is 1. The van der Waals surface area contributed by atoms with Crippen LogP contribution in [0.5, 0.6) is 0 Å². The number of nitriles is 1. The molecule has 8 heteroatoms. The van der Waals surface area contributed by atoms with Crippen molar-refractivity contribution in [3.8, 4) is 6.07 Å². The fourth-order valence-corrected chi connectivity index (χ4v) is 1.96. The predicted octanol–water partition coefficient (Wildman–Crippen LogP) is -0.301. The van der Waals surface area contributed by atoms with Gasteiger partial charge < -0.3 is 9.88 Å². The highest BCUT2D eigenvalue weighted by Gasteiger charge is 2.18. The van der Waals surface area contributed by atoms with Gasteiger partial charge in [-0.05, 0) is 6.92 Å². The summed E-state index contributed by atoms with van der Waals surface area (Å²) in [5.74, 6) is 0.459. The predicted molar refractivity (Wildman–Crippen MR) is 74.7 cm³/mol. The Bertz CT molecular complexity index is 806. The second-order valence-corrected chi connectivity index (χ2v) is 4.79. The molecule has 20 heavy (non-hydrogen) atoms. The minimum absolute atomic E-state index is 0.0542. The number of fused-ring (bicyclic) bond motifs is 1. The number of anilines is 1. The molecule has 2 aromatic heterocycles. The van der Waals surface area contributed by atoms with Crippen molar-refractivity contribution in [2.75, 3.05) is 11.9 Å². The van der Waals surface area contributed by atoms with Crippen molar-refractivity contribution in [3.63, 3.8) is 0 Å². The summed E-state index contributed by atoms with van der Waals surface area (Å²) in [6, 6.07) is 2.03. The minimum atomic E-state index is -0.423. The molecule has 2 heterocycles. The van der Waals surface area contributed by atoms with Crippen molar-refractivity contribution >= 4 is 17.1 Å². The van der Waals surface area contributed by atoms with Gasteiger partial charge in [0.2, 0.25) is 5.95 Å². The van der Waals surface area contributed by atoms with Crippen LogP contribution in [-0.4, -0.2) is 32.2 Å². The second kappa shape index (κ2) is 4.85. The molecule has 0 aromatic carbocycles. The Balaban J connectivity index is 2.64. The maximum absolute atomic E-state index is 12.0. The Morgan fingerprint density at radius 2 is 2.05 bits per heavy atom. The third-order valence-electron chi connectivity index (χ3n) is 3.46. The zero-order valence-corrected chi connectivity index (χ0v) is 11.8. The van der Waals surface area contributed by atoms with Crippen LogP contribution >= 0.6 is 0 Å². The number of aromatic nitrogens is 4. The molecule has 1 unspecified atom stereocenters. The first-order chi connectivity index (χ1) is 9.38. The van der Waals surface area contributed by atoms with E-state index in [1.165, 1.54) is 11.6 Å². The number of hydrogen-bond acceptors (Lipinski definition) is 5. The topological polar surface area (TPSA) is 99.7 Å². The fraction of sp³-hybridized carbons (Fsp3) is 0.500. The summed E-state index contributed by atoms with van der Waals surface area (Å²) in [6.07, 6.45) is 0.338. The zero-order valence-electron chi connectivity index (χ0n) is 11.8. The highest BCUT2D eigenvalue weighted by Crippen LogP contribution is 2.15. The van der Waals surface area contributed by atoms with Gasteiger partial charge in [-0.15, -0.1) is 0 Å². The molecule has 0 aliphatic carbocycles. The molecular formula is C12H16N6O2. The third-order valence-corrected chi connectivity index (χ3v) is 3.46. The monoisotopic (exact) mass is 276 g/mol. The smallest absolute Gasteiger partial charge is 0.332 e. The van der Waals surface area contributed by atoms with Crippen LogP contribution in [0.4, 0.5) is 5.95 Å². The molecule has 0 aliphatic heterocycles. The van der Waals surface area contributed by atoms with Gasteiger partial charge >= 0.3 is 5.69 Å². The minimum Gasteiger partial charge on any atom is -0.342 e. The van der Waals surface area contributed by atoms with Gasteiger partial charge in [-0.25, -0.2) is 4.79 Å². The van der Waals surface area contributed by atoms with Crippen molar-refractivity contribution < 1.29 is 0 Å². The fourth-order valence-electron chi connectivity index (χ4n) is 1.96. The summed E-state index contributed by atoms with van der Waals surface area (Å²) in [6.45, 7) is 1.88. The maximum atomic E-state index is 12.0. The molecule has 0 aliphatic rings. The van der Waals surface area contributed by atoms with Crippen molar-refractivity contribution in [3.05, 3.63) is 20.8 Å². The Morgan fingerprint density at radius 1 is 1.40 bits per heavy atom. The van der Waals surface area contributed by atoms with E-state index in [2.05, 4.69) is 16.0 Å². The highest BCUT2D eigenvalue weighted by atomic mass is 16.2. The lowest BCUT2D eigenvalue weighted by Gasteiger charge is -2.21. The number of aryl methyl sites for hydroxylation is 1. The lowest BCUT2D eigenvalue weighted by atomic mass is 10.2. The number of nitrogens with zero attached hydrogens (tertiary/aromatic N) is 5. The Labute approximate surface area is 114 Å².